The lowest BCUT2D eigenvalue weighted by Crippen LogP contribution is -2.36. The van der Waals surface area contributed by atoms with Crippen molar-refractivity contribution in [2.45, 2.75) is 6.04 Å². The number of nitrogens with one attached hydrogen (secondary N) is 2. The van der Waals surface area contributed by atoms with Crippen molar-refractivity contribution >= 4 is 46.7 Å². The number of hydrogen-bond donors (Lipinski definition) is 3. The van der Waals surface area contributed by atoms with E-state index in [-0.39, 0.29) is 6.61 Å². The van der Waals surface area contributed by atoms with Gasteiger partial charge in [0, 0.05) is 41.8 Å². The van der Waals surface area contributed by atoms with Gasteiger partial charge in [-0.2, -0.15) is 0 Å². The molecule has 4 N–H and O–H groups in total. The first kappa shape index (κ1) is 23.8. The lowest BCUT2D eigenvalue weighted by Gasteiger charge is -2.21. The summed E-state index contributed by atoms with van der Waals surface area (Å²) in [6.07, 6.45) is 6.04. The number of nitrogens with two attached hydrogens (primary N) is 1. The number of terminal acetylenes is 1. The van der Waals surface area contributed by atoms with Gasteiger partial charge in [0.15, 0.2) is 5.01 Å². The van der Waals surface area contributed by atoms with E-state index in [0.717, 1.165) is 16.9 Å². The molecule has 2 heterocycles. The summed E-state index contributed by atoms with van der Waals surface area (Å²) in [5.74, 6) is 3.46. The molecule has 0 saturated heterocycles. The fourth-order valence-corrected chi connectivity index (χ4v) is 3.87. The summed E-state index contributed by atoms with van der Waals surface area (Å²) in [4.78, 5) is 34.0. The van der Waals surface area contributed by atoms with Gasteiger partial charge in [-0.05, 0) is 29.7 Å². The molecule has 9 nitrogen and oxygen atoms in total. The largest absolute Gasteiger partial charge is 0.447 e. The number of nitrogens with zero attached hydrogens (tertiary/aromatic N) is 3. The Morgan fingerprint density at radius 2 is 2.12 bits per heavy atom. The molecule has 1 atom stereocenters. The molecule has 33 heavy (non-hydrogen) atoms. The molecular formula is C22H21ClN6O3S. The Bertz CT molecular complexity index is 1210. The highest BCUT2D eigenvalue weighted by molar-refractivity contribution is 7.10. The second kappa shape index (κ2) is 10.7. The SMILES string of the molecule is C#Cc1nc(NC(=O)NC(COC(N)=O)c2ccc(-c3cccnc3N(C)C)c(Cl)c2)cs1. The summed E-state index contributed by atoms with van der Waals surface area (Å²) in [5, 5.41) is 7.82. The van der Waals surface area contributed by atoms with Gasteiger partial charge in [-0.15, -0.1) is 17.8 Å². The van der Waals surface area contributed by atoms with Gasteiger partial charge in [-0.3, -0.25) is 5.32 Å². The average molecular weight is 485 g/mol. The van der Waals surface area contributed by atoms with Crippen molar-refractivity contribution < 1.29 is 14.3 Å². The van der Waals surface area contributed by atoms with Crippen molar-refractivity contribution in [2.75, 3.05) is 30.9 Å². The molecule has 1 unspecified atom stereocenters. The molecule has 2 aromatic heterocycles. The van der Waals surface area contributed by atoms with E-state index in [1.807, 2.05) is 37.2 Å². The normalized spacial score (nSPS) is 11.2. The van der Waals surface area contributed by atoms with Crippen molar-refractivity contribution in [3.05, 3.63) is 57.5 Å². The average Bonchev–Trinajstić information content (AvgIpc) is 3.23. The monoisotopic (exact) mass is 484 g/mol. The second-order valence-corrected chi connectivity index (χ2v) is 8.24. The topological polar surface area (TPSA) is 122 Å². The third kappa shape index (κ3) is 6.12. The predicted molar refractivity (Wildman–Crippen MR) is 129 cm³/mol. The Balaban J connectivity index is 1.85. The zero-order chi connectivity index (χ0) is 24.0. The van der Waals surface area contributed by atoms with Crippen molar-refractivity contribution in [3.63, 3.8) is 0 Å². The maximum Gasteiger partial charge on any atom is 0.404 e. The number of amides is 3. The maximum absolute atomic E-state index is 12.5. The van der Waals surface area contributed by atoms with Gasteiger partial charge in [0.1, 0.15) is 18.2 Å². The molecule has 0 aliphatic rings. The molecule has 0 spiro atoms. The molecule has 0 aliphatic heterocycles. The van der Waals surface area contributed by atoms with Gasteiger partial charge in [0.05, 0.1) is 6.04 Å². The van der Waals surface area contributed by atoms with Gasteiger partial charge in [0.25, 0.3) is 0 Å². The molecule has 0 radical (unpaired) electrons. The van der Waals surface area contributed by atoms with E-state index in [4.69, 9.17) is 28.5 Å². The fourth-order valence-electron chi connectivity index (χ4n) is 3.02. The van der Waals surface area contributed by atoms with E-state index in [1.165, 1.54) is 11.3 Å². The molecule has 0 aliphatic carbocycles. The summed E-state index contributed by atoms with van der Waals surface area (Å²) in [5.41, 5.74) is 7.33. The standard InChI is InChI=1S/C22H21ClN6O3S/c1-4-19-27-18(12-33-19)28-22(31)26-17(11-32-21(24)30)13-7-8-14(16(23)10-13)15-6-5-9-25-20(15)29(2)3/h1,5-10,12,17H,11H2,2-3H3,(H2,24,30)(H2,26,28,31). The first-order valence-corrected chi connectivity index (χ1v) is 10.9. The number of benzene rings is 1. The van der Waals surface area contributed by atoms with E-state index in [0.29, 0.717) is 21.4 Å². The minimum absolute atomic E-state index is 0.194. The number of carbonyl (C=O) groups excluding carboxylic acids is 2. The Morgan fingerprint density at radius 1 is 1.33 bits per heavy atom. The van der Waals surface area contributed by atoms with Gasteiger partial charge in [0.2, 0.25) is 0 Å². The number of carbonyl (C=O) groups is 2. The Labute approximate surface area is 199 Å². The van der Waals surface area contributed by atoms with Crippen LogP contribution in [0.25, 0.3) is 11.1 Å². The van der Waals surface area contributed by atoms with Crippen LogP contribution in [0.15, 0.2) is 41.9 Å². The third-order valence-electron chi connectivity index (χ3n) is 4.46. The van der Waals surface area contributed by atoms with Crippen LogP contribution >= 0.6 is 22.9 Å². The molecule has 3 aromatic rings. The molecule has 0 saturated carbocycles. The molecule has 0 fully saturated rings. The Morgan fingerprint density at radius 3 is 2.76 bits per heavy atom. The summed E-state index contributed by atoms with van der Waals surface area (Å²) >= 11 is 7.82. The van der Waals surface area contributed by atoms with E-state index in [1.54, 1.807) is 23.7 Å². The molecule has 170 valence electrons. The minimum atomic E-state index is -0.964. The van der Waals surface area contributed by atoms with Crippen LogP contribution in [-0.2, 0) is 4.74 Å². The number of hydrogen-bond acceptors (Lipinski definition) is 7. The highest BCUT2D eigenvalue weighted by atomic mass is 35.5. The second-order valence-electron chi connectivity index (χ2n) is 6.97. The van der Waals surface area contributed by atoms with Crippen LogP contribution in [0.1, 0.15) is 16.6 Å². The minimum Gasteiger partial charge on any atom is -0.447 e. The van der Waals surface area contributed by atoms with Crippen LogP contribution in [0.4, 0.5) is 21.2 Å². The first-order valence-electron chi connectivity index (χ1n) is 9.62. The molecule has 11 heteroatoms. The van der Waals surface area contributed by atoms with Gasteiger partial charge in [-0.25, -0.2) is 19.6 Å². The van der Waals surface area contributed by atoms with E-state index in [9.17, 15) is 9.59 Å². The van der Waals surface area contributed by atoms with Crippen molar-refractivity contribution in [2.24, 2.45) is 5.73 Å². The first-order chi connectivity index (χ1) is 15.8. The lowest BCUT2D eigenvalue weighted by atomic mass is 10.0. The van der Waals surface area contributed by atoms with Crippen molar-refractivity contribution in [3.8, 4) is 23.5 Å². The highest BCUT2D eigenvalue weighted by Crippen LogP contribution is 2.35. The van der Waals surface area contributed by atoms with E-state index >= 15 is 0 Å². The number of ether oxygens (including phenoxy) is 1. The maximum atomic E-state index is 12.5. The third-order valence-corrected chi connectivity index (χ3v) is 5.55. The van der Waals surface area contributed by atoms with Gasteiger partial charge >= 0.3 is 12.1 Å². The molecular weight excluding hydrogens is 464 g/mol. The van der Waals surface area contributed by atoms with Gasteiger partial charge in [-0.1, -0.05) is 23.7 Å². The number of primary amides is 1. The smallest absolute Gasteiger partial charge is 0.404 e. The number of pyridine rings is 1. The van der Waals surface area contributed by atoms with Crippen molar-refractivity contribution in [1.82, 2.24) is 15.3 Å². The van der Waals surface area contributed by atoms with Crippen LogP contribution in [0.2, 0.25) is 5.02 Å². The van der Waals surface area contributed by atoms with Crippen LogP contribution in [-0.4, -0.2) is 42.8 Å². The number of aromatic nitrogens is 2. The van der Waals surface area contributed by atoms with Crippen LogP contribution in [0, 0.1) is 12.3 Å². The quantitative estimate of drug-likeness (QED) is 0.437. The van der Waals surface area contributed by atoms with Gasteiger partial charge < -0.3 is 20.7 Å². The number of halogens is 1. The summed E-state index contributed by atoms with van der Waals surface area (Å²) in [6, 6.07) is 7.74. The number of anilines is 2. The summed E-state index contributed by atoms with van der Waals surface area (Å²) < 4.78 is 4.93. The number of urea groups is 1. The summed E-state index contributed by atoms with van der Waals surface area (Å²) in [7, 11) is 3.78. The number of thiazole rings is 1. The van der Waals surface area contributed by atoms with Crippen LogP contribution in [0.5, 0.6) is 0 Å². The number of rotatable bonds is 7. The zero-order valence-corrected chi connectivity index (χ0v) is 19.4. The van der Waals surface area contributed by atoms with Crippen LogP contribution in [0.3, 0.4) is 0 Å². The van der Waals surface area contributed by atoms with E-state index in [2.05, 4.69) is 26.5 Å². The molecule has 0 bridgehead atoms. The Hall–Kier alpha value is -3.81. The fraction of sp³-hybridized carbons (Fsp3) is 0.182. The molecule has 3 rings (SSSR count). The predicted octanol–water partition coefficient (Wildman–Crippen LogP) is 3.86. The van der Waals surface area contributed by atoms with Crippen LogP contribution < -0.4 is 21.3 Å². The van der Waals surface area contributed by atoms with Crippen molar-refractivity contribution in [1.29, 1.82) is 0 Å². The Kier molecular flexibility index (Phi) is 7.71. The zero-order valence-electron chi connectivity index (χ0n) is 17.8. The molecule has 3 amide bonds. The van der Waals surface area contributed by atoms with E-state index < -0.39 is 18.2 Å². The highest BCUT2D eigenvalue weighted by Gasteiger charge is 2.20. The lowest BCUT2D eigenvalue weighted by molar-refractivity contribution is 0.144. The summed E-state index contributed by atoms with van der Waals surface area (Å²) in [6.45, 7) is -0.194. The molecule has 1 aromatic carbocycles.